The van der Waals surface area contributed by atoms with E-state index in [1.807, 2.05) is 61.5 Å². The first-order chi connectivity index (χ1) is 15.1. The molecule has 1 aromatic heterocycles. The molecule has 0 bridgehead atoms. The Morgan fingerprint density at radius 2 is 1.90 bits per heavy atom. The molecular weight excluding hydrogens is 389 g/mol. The Morgan fingerprint density at radius 3 is 2.65 bits per heavy atom. The van der Waals surface area contributed by atoms with Crippen LogP contribution >= 0.6 is 0 Å². The molecule has 2 aromatic carbocycles. The molecule has 1 saturated heterocycles. The predicted molar refractivity (Wildman–Crippen MR) is 120 cm³/mol. The number of hydrogen-bond donors (Lipinski definition) is 1. The summed E-state index contributed by atoms with van der Waals surface area (Å²) in [5.41, 5.74) is 3.64. The number of pyridine rings is 1. The molecule has 4 rings (SSSR count). The molecule has 1 fully saturated rings. The summed E-state index contributed by atoms with van der Waals surface area (Å²) < 4.78 is 13.2. The first-order valence-corrected chi connectivity index (χ1v) is 10.8. The van der Waals surface area contributed by atoms with Gasteiger partial charge in [0.1, 0.15) is 5.82 Å². The molecule has 0 spiro atoms. The smallest absolute Gasteiger partial charge is 0.252 e. The summed E-state index contributed by atoms with van der Waals surface area (Å²) >= 11 is 0. The van der Waals surface area contributed by atoms with E-state index in [1.165, 1.54) is 12.1 Å². The Hall–Kier alpha value is -3.05. The van der Waals surface area contributed by atoms with Crippen molar-refractivity contribution >= 4 is 5.91 Å². The van der Waals surface area contributed by atoms with E-state index in [9.17, 15) is 9.18 Å². The van der Waals surface area contributed by atoms with Crippen LogP contribution in [0.3, 0.4) is 0 Å². The van der Waals surface area contributed by atoms with Crippen LogP contribution in [-0.4, -0.2) is 28.9 Å². The van der Waals surface area contributed by atoms with Crippen molar-refractivity contribution in [3.8, 4) is 0 Å². The summed E-state index contributed by atoms with van der Waals surface area (Å²) in [6.07, 6.45) is 3.85. The van der Waals surface area contributed by atoms with Crippen LogP contribution in [0.15, 0.2) is 72.9 Å². The molecule has 160 valence electrons. The van der Waals surface area contributed by atoms with Crippen LogP contribution in [0.5, 0.6) is 0 Å². The van der Waals surface area contributed by atoms with Crippen molar-refractivity contribution in [2.24, 2.45) is 5.92 Å². The average molecular weight is 418 g/mol. The lowest BCUT2D eigenvalue weighted by molar-refractivity contribution is 0.0874. The van der Waals surface area contributed by atoms with E-state index < -0.39 is 0 Å². The third kappa shape index (κ3) is 5.36. The van der Waals surface area contributed by atoms with Crippen molar-refractivity contribution in [1.29, 1.82) is 0 Å². The minimum Gasteiger partial charge on any atom is -0.343 e. The molecule has 3 aromatic rings. The summed E-state index contributed by atoms with van der Waals surface area (Å²) in [6, 6.07) is 20.0. The number of amides is 1. The van der Waals surface area contributed by atoms with Crippen LogP contribution in [0, 0.1) is 18.7 Å². The maximum atomic E-state index is 13.2. The van der Waals surface area contributed by atoms with Crippen LogP contribution < -0.4 is 5.32 Å². The molecule has 2 atom stereocenters. The fraction of sp³-hybridized carbons (Fsp3) is 0.308. The van der Waals surface area contributed by atoms with Gasteiger partial charge in [0.2, 0.25) is 0 Å². The van der Waals surface area contributed by atoms with E-state index >= 15 is 0 Å². The third-order valence-electron chi connectivity index (χ3n) is 6.02. The molecule has 2 heterocycles. The number of likely N-dealkylation sites (tertiary alicyclic amines) is 1. The molecular formula is C26H28FN3O. The molecule has 0 aliphatic carbocycles. The van der Waals surface area contributed by atoms with Crippen LogP contribution in [0.1, 0.15) is 46.1 Å². The van der Waals surface area contributed by atoms with Gasteiger partial charge in [0.15, 0.2) is 0 Å². The SMILES string of the molecule is Cc1ccccc1C(=O)N[C@@H](c1ccccn1)[C@@H]1CCCN(Cc2ccc(F)cc2)C1. The first-order valence-electron chi connectivity index (χ1n) is 10.8. The van der Waals surface area contributed by atoms with E-state index in [2.05, 4.69) is 15.2 Å². The van der Waals surface area contributed by atoms with Gasteiger partial charge in [-0.1, -0.05) is 36.4 Å². The van der Waals surface area contributed by atoms with Gasteiger partial charge in [-0.15, -0.1) is 0 Å². The number of aromatic nitrogens is 1. The summed E-state index contributed by atoms with van der Waals surface area (Å²) in [5, 5.41) is 3.27. The Morgan fingerprint density at radius 1 is 1.13 bits per heavy atom. The number of carbonyl (C=O) groups is 1. The van der Waals surface area contributed by atoms with Gasteiger partial charge in [-0.25, -0.2) is 4.39 Å². The minimum atomic E-state index is -0.214. The fourth-order valence-corrected chi connectivity index (χ4v) is 4.39. The number of nitrogens with one attached hydrogen (secondary N) is 1. The van der Waals surface area contributed by atoms with Gasteiger partial charge in [0.05, 0.1) is 11.7 Å². The lowest BCUT2D eigenvalue weighted by atomic mass is 9.88. The summed E-state index contributed by atoms with van der Waals surface area (Å²) in [6.45, 7) is 4.58. The normalized spacial score (nSPS) is 17.8. The molecule has 4 nitrogen and oxygen atoms in total. The monoisotopic (exact) mass is 417 g/mol. The average Bonchev–Trinajstić information content (AvgIpc) is 2.80. The number of nitrogens with zero attached hydrogens (tertiary/aromatic N) is 2. The highest BCUT2D eigenvalue weighted by atomic mass is 19.1. The summed E-state index contributed by atoms with van der Waals surface area (Å²) in [4.78, 5) is 20.1. The van der Waals surface area contributed by atoms with Gasteiger partial charge in [0.25, 0.3) is 5.91 Å². The highest BCUT2D eigenvalue weighted by Gasteiger charge is 2.31. The van der Waals surface area contributed by atoms with E-state index in [0.29, 0.717) is 5.56 Å². The highest BCUT2D eigenvalue weighted by molar-refractivity contribution is 5.95. The van der Waals surface area contributed by atoms with Crippen molar-refractivity contribution in [2.45, 2.75) is 32.4 Å². The summed E-state index contributed by atoms with van der Waals surface area (Å²) in [7, 11) is 0. The topological polar surface area (TPSA) is 45.2 Å². The minimum absolute atomic E-state index is 0.0654. The highest BCUT2D eigenvalue weighted by Crippen LogP contribution is 2.30. The second-order valence-electron chi connectivity index (χ2n) is 8.28. The molecule has 5 heteroatoms. The number of piperidine rings is 1. The standard InChI is InChI=1S/C26H28FN3O/c1-19-7-2-3-9-23(19)26(31)29-25(24-10-4-5-15-28-24)21-8-6-16-30(18-21)17-20-11-13-22(27)14-12-20/h2-5,7,9-15,21,25H,6,8,16-18H2,1H3,(H,29,31)/t21-,25-/m1/s1. The second-order valence-corrected chi connectivity index (χ2v) is 8.28. The lowest BCUT2D eigenvalue weighted by Crippen LogP contribution is -2.43. The largest absolute Gasteiger partial charge is 0.343 e. The zero-order valence-electron chi connectivity index (χ0n) is 17.8. The van der Waals surface area contributed by atoms with Gasteiger partial charge < -0.3 is 5.32 Å². The molecule has 0 radical (unpaired) electrons. The van der Waals surface area contributed by atoms with Gasteiger partial charge in [-0.05, 0) is 73.7 Å². The quantitative estimate of drug-likeness (QED) is 0.620. The fourth-order valence-electron chi connectivity index (χ4n) is 4.39. The molecule has 1 aliphatic heterocycles. The molecule has 31 heavy (non-hydrogen) atoms. The van der Waals surface area contributed by atoms with Crippen molar-refractivity contribution in [3.63, 3.8) is 0 Å². The van der Waals surface area contributed by atoms with Crippen molar-refractivity contribution < 1.29 is 9.18 Å². The maximum absolute atomic E-state index is 13.2. The van der Waals surface area contributed by atoms with Crippen LogP contribution in [0.2, 0.25) is 0 Å². The van der Waals surface area contributed by atoms with Gasteiger partial charge in [-0.2, -0.15) is 0 Å². The van der Waals surface area contributed by atoms with Crippen molar-refractivity contribution in [2.75, 3.05) is 13.1 Å². The van der Waals surface area contributed by atoms with E-state index in [-0.39, 0.29) is 23.7 Å². The zero-order chi connectivity index (χ0) is 21.6. The van der Waals surface area contributed by atoms with Crippen LogP contribution in [0.4, 0.5) is 4.39 Å². The number of hydrogen-bond acceptors (Lipinski definition) is 3. The predicted octanol–water partition coefficient (Wildman–Crippen LogP) is 4.91. The maximum Gasteiger partial charge on any atom is 0.252 e. The second kappa shape index (κ2) is 9.84. The number of aryl methyl sites for hydroxylation is 1. The van der Waals surface area contributed by atoms with Gasteiger partial charge in [-0.3, -0.25) is 14.7 Å². The molecule has 1 N–H and O–H groups in total. The Kier molecular flexibility index (Phi) is 6.73. The number of carbonyl (C=O) groups excluding carboxylic acids is 1. The van der Waals surface area contributed by atoms with E-state index in [1.54, 1.807) is 6.20 Å². The van der Waals surface area contributed by atoms with Crippen LogP contribution in [0.25, 0.3) is 0 Å². The van der Waals surface area contributed by atoms with Gasteiger partial charge in [0, 0.05) is 24.8 Å². The Bertz CT molecular complexity index is 1010. The Labute approximate surface area is 183 Å². The molecule has 1 amide bonds. The Balaban J connectivity index is 1.53. The lowest BCUT2D eigenvalue weighted by Gasteiger charge is -2.37. The van der Waals surface area contributed by atoms with E-state index in [4.69, 9.17) is 0 Å². The number of rotatable bonds is 6. The first kappa shape index (κ1) is 21.2. The van der Waals surface area contributed by atoms with Gasteiger partial charge >= 0.3 is 0 Å². The van der Waals surface area contributed by atoms with Crippen LogP contribution in [-0.2, 0) is 6.54 Å². The van der Waals surface area contributed by atoms with E-state index in [0.717, 1.165) is 49.3 Å². The zero-order valence-corrected chi connectivity index (χ0v) is 17.8. The third-order valence-corrected chi connectivity index (χ3v) is 6.02. The van der Waals surface area contributed by atoms with Crippen molar-refractivity contribution in [1.82, 2.24) is 15.2 Å². The number of benzene rings is 2. The summed E-state index contributed by atoms with van der Waals surface area (Å²) in [5.74, 6) is -0.0316. The van der Waals surface area contributed by atoms with Crippen molar-refractivity contribution in [3.05, 3.63) is 101 Å². The molecule has 0 unspecified atom stereocenters. The molecule has 0 saturated carbocycles. The molecule has 1 aliphatic rings. The number of halogens is 1.